The minimum atomic E-state index is -1.27. The lowest BCUT2D eigenvalue weighted by Crippen LogP contribution is -2.42. The normalized spacial score (nSPS) is 12.0. The van der Waals surface area contributed by atoms with Crippen LogP contribution in [0.5, 0.6) is 0 Å². The maximum atomic E-state index is 13.2. The highest BCUT2D eigenvalue weighted by molar-refractivity contribution is 5.80. The molecular weight excluding hydrogens is 688 g/mol. The van der Waals surface area contributed by atoms with Crippen molar-refractivity contribution in [1.82, 2.24) is 20.4 Å². The maximum absolute atomic E-state index is 13.2. The van der Waals surface area contributed by atoms with Crippen LogP contribution in [0.2, 0.25) is 0 Å². The zero-order chi connectivity index (χ0) is 39.7. The quantitative estimate of drug-likeness (QED) is 0.139. The Kier molecular flexibility index (Phi) is 16.1. The van der Waals surface area contributed by atoms with Gasteiger partial charge in [-0.3, -0.25) is 9.59 Å². The molecule has 0 fully saturated rings. The lowest BCUT2D eigenvalue weighted by molar-refractivity contribution is -0.131. The number of hydrogen-bond donors (Lipinski definition) is 4. The first-order valence-corrected chi connectivity index (χ1v) is 17.5. The van der Waals surface area contributed by atoms with Crippen LogP contribution in [0.3, 0.4) is 0 Å². The van der Waals surface area contributed by atoms with E-state index < -0.39 is 35.6 Å². The lowest BCUT2D eigenvalue weighted by Gasteiger charge is -2.24. The van der Waals surface area contributed by atoms with Gasteiger partial charge in [-0.05, 0) is 69.9 Å². The molecule has 4 N–H and O–H groups in total. The molecule has 0 bridgehead atoms. The van der Waals surface area contributed by atoms with Gasteiger partial charge in [-0.15, -0.1) is 0 Å². The van der Waals surface area contributed by atoms with Crippen molar-refractivity contribution in [1.29, 1.82) is 0 Å². The molecule has 12 nitrogen and oxygen atoms in total. The molecule has 0 aliphatic rings. The molecule has 0 spiro atoms. The molecule has 0 aliphatic carbocycles. The Labute approximate surface area is 317 Å². The third-order valence-corrected chi connectivity index (χ3v) is 7.26. The van der Waals surface area contributed by atoms with Crippen molar-refractivity contribution < 1.29 is 38.9 Å². The van der Waals surface area contributed by atoms with Gasteiger partial charge in [0.2, 0.25) is 11.8 Å². The second-order valence-electron chi connectivity index (χ2n) is 14.3. The molecule has 3 aromatic rings. The molecule has 4 amide bonds. The van der Waals surface area contributed by atoms with Gasteiger partial charge in [-0.2, -0.15) is 0 Å². The van der Waals surface area contributed by atoms with Crippen LogP contribution in [0, 0.1) is 23.7 Å². The minimum Gasteiger partial charge on any atom is -0.444 e. The van der Waals surface area contributed by atoms with Crippen molar-refractivity contribution in [2.45, 2.75) is 90.9 Å². The van der Waals surface area contributed by atoms with Gasteiger partial charge in [-0.1, -0.05) is 103 Å². The van der Waals surface area contributed by atoms with E-state index in [9.17, 15) is 29.4 Å². The second-order valence-corrected chi connectivity index (χ2v) is 14.3. The summed E-state index contributed by atoms with van der Waals surface area (Å²) in [6.45, 7) is 10.7. The number of nitrogens with one attached hydrogen (secondary N) is 2. The topological polar surface area (TPSA) is 158 Å². The molecule has 2 atom stereocenters. The summed E-state index contributed by atoms with van der Waals surface area (Å²) in [7, 11) is 0. The van der Waals surface area contributed by atoms with Crippen LogP contribution in [0.4, 0.5) is 9.59 Å². The van der Waals surface area contributed by atoms with Gasteiger partial charge in [0.1, 0.15) is 23.4 Å². The summed E-state index contributed by atoms with van der Waals surface area (Å²) in [4.78, 5) is 53.6. The predicted octanol–water partition coefficient (Wildman–Crippen LogP) is 5.56. The fraction of sp³-hybridized carbons (Fsp3) is 0.381. The van der Waals surface area contributed by atoms with Crippen LogP contribution in [-0.2, 0) is 32.2 Å². The van der Waals surface area contributed by atoms with Crippen LogP contribution < -0.4 is 10.6 Å². The summed E-state index contributed by atoms with van der Waals surface area (Å²) in [5.74, 6) is 10.1. The van der Waals surface area contributed by atoms with E-state index >= 15 is 0 Å². The van der Waals surface area contributed by atoms with Crippen molar-refractivity contribution in [3.05, 3.63) is 107 Å². The summed E-state index contributed by atoms with van der Waals surface area (Å²) < 4.78 is 10.6. The van der Waals surface area contributed by atoms with Crippen LogP contribution in [0.25, 0.3) is 0 Å². The van der Waals surface area contributed by atoms with Gasteiger partial charge < -0.3 is 40.1 Å². The summed E-state index contributed by atoms with van der Waals surface area (Å²) in [6, 6.07) is 25.0. The molecule has 0 aliphatic heterocycles. The van der Waals surface area contributed by atoms with E-state index in [0.717, 1.165) is 11.1 Å². The highest BCUT2D eigenvalue weighted by Gasteiger charge is 2.21. The largest absolute Gasteiger partial charge is 0.444 e. The second kappa shape index (κ2) is 20.4. The van der Waals surface area contributed by atoms with Crippen LogP contribution in [0.1, 0.15) is 88.8 Å². The molecule has 2 unspecified atom stereocenters. The Hall–Kier alpha value is -5.82. The fourth-order valence-electron chi connectivity index (χ4n) is 4.76. The molecule has 0 saturated heterocycles. The molecule has 0 aromatic heterocycles. The SMILES string of the molecule is CC(C)(C)OC(=O)NCN(Cc1ccccc1)C(=O)CC#CC(O)c1cccc(C(O)C#CCC(=O)N(CNC(=O)OC(C)(C)C)Cc2ccccc2)c1. The number of carbonyl (C=O) groups is 4. The third-order valence-electron chi connectivity index (χ3n) is 7.26. The Morgan fingerprint density at radius 3 is 1.33 bits per heavy atom. The number of nitrogens with zero attached hydrogens (tertiary/aromatic N) is 2. The average Bonchev–Trinajstić information content (AvgIpc) is 3.11. The van der Waals surface area contributed by atoms with E-state index in [-0.39, 0.29) is 51.1 Å². The smallest absolute Gasteiger partial charge is 0.409 e. The van der Waals surface area contributed by atoms with Crippen molar-refractivity contribution in [3.63, 3.8) is 0 Å². The van der Waals surface area contributed by atoms with Crippen molar-refractivity contribution in [2.24, 2.45) is 0 Å². The third kappa shape index (κ3) is 16.2. The van der Waals surface area contributed by atoms with Crippen molar-refractivity contribution >= 4 is 24.0 Å². The molecule has 286 valence electrons. The van der Waals surface area contributed by atoms with Gasteiger partial charge in [0.05, 0.1) is 26.2 Å². The standard InChI is InChI=1S/C42H50N4O8/c1-41(2,3)53-39(51)43-29-45(27-31-16-9-7-10-17-31)37(49)24-14-22-35(47)33-20-13-21-34(26-33)36(48)23-15-25-38(50)46(28-32-18-11-8-12-19-32)30-44-40(52)54-42(4,5)6/h7-13,16-21,26,35-36,47-48H,24-25,27-30H2,1-6H3,(H,43,51)(H,44,52). The van der Waals surface area contributed by atoms with Gasteiger partial charge >= 0.3 is 12.2 Å². The number of aliphatic hydroxyl groups excluding tert-OH is 2. The fourth-order valence-corrected chi connectivity index (χ4v) is 4.76. The zero-order valence-electron chi connectivity index (χ0n) is 31.7. The highest BCUT2D eigenvalue weighted by atomic mass is 16.6. The van der Waals surface area contributed by atoms with Gasteiger partial charge in [0, 0.05) is 13.1 Å². The lowest BCUT2D eigenvalue weighted by atomic mass is 10.0. The number of aliphatic hydroxyl groups is 2. The highest BCUT2D eigenvalue weighted by Crippen LogP contribution is 2.19. The molecule has 0 radical (unpaired) electrons. The molecular formula is C42H50N4O8. The van der Waals surface area contributed by atoms with Crippen molar-refractivity contribution in [3.8, 4) is 23.7 Å². The number of hydrogen-bond acceptors (Lipinski definition) is 8. The van der Waals surface area contributed by atoms with Gasteiger partial charge in [-0.25, -0.2) is 9.59 Å². The first-order chi connectivity index (χ1) is 25.5. The monoisotopic (exact) mass is 738 g/mol. The van der Waals surface area contributed by atoms with Crippen LogP contribution in [0.15, 0.2) is 84.9 Å². The zero-order valence-corrected chi connectivity index (χ0v) is 31.7. The number of benzene rings is 3. The first kappa shape index (κ1) is 42.6. The maximum Gasteiger partial charge on any atom is 0.409 e. The summed E-state index contributed by atoms with van der Waals surface area (Å²) in [5.41, 5.74) is 1.05. The number of rotatable bonds is 12. The average molecular weight is 739 g/mol. The Bertz CT molecular complexity index is 1700. The number of ether oxygens (including phenoxy) is 2. The number of amides is 4. The number of alkyl carbamates (subject to hydrolysis) is 2. The number of carbonyl (C=O) groups excluding carboxylic acids is 4. The van der Waals surface area contributed by atoms with Crippen molar-refractivity contribution in [2.75, 3.05) is 13.3 Å². The van der Waals surface area contributed by atoms with E-state index in [1.165, 1.54) is 9.80 Å². The summed E-state index contributed by atoms with van der Waals surface area (Å²) in [5, 5.41) is 26.8. The summed E-state index contributed by atoms with van der Waals surface area (Å²) in [6.07, 6.45) is -4.32. The molecule has 3 rings (SSSR count). The van der Waals surface area contributed by atoms with E-state index in [1.807, 2.05) is 60.7 Å². The van der Waals surface area contributed by atoms with E-state index in [2.05, 4.69) is 34.3 Å². The molecule has 0 heterocycles. The molecule has 3 aromatic carbocycles. The Morgan fingerprint density at radius 1 is 0.611 bits per heavy atom. The molecule has 54 heavy (non-hydrogen) atoms. The summed E-state index contributed by atoms with van der Waals surface area (Å²) >= 11 is 0. The van der Waals surface area contributed by atoms with E-state index in [1.54, 1.807) is 65.8 Å². The first-order valence-electron chi connectivity index (χ1n) is 17.5. The molecule has 12 heteroatoms. The Balaban J connectivity index is 1.63. The van der Waals surface area contributed by atoms with E-state index in [4.69, 9.17) is 9.47 Å². The molecule has 0 saturated carbocycles. The van der Waals surface area contributed by atoms with Crippen LogP contribution in [-0.4, -0.2) is 68.6 Å². The predicted molar refractivity (Wildman–Crippen MR) is 204 cm³/mol. The van der Waals surface area contributed by atoms with E-state index in [0.29, 0.717) is 11.1 Å². The van der Waals surface area contributed by atoms with Gasteiger partial charge in [0.15, 0.2) is 0 Å². The van der Waals surface area contributed by atoms with Gasteiger partial charge in [0.25, 0.3) is 0 Å². The van der Waals surface area contributed by atoms with Crippen LogP contribution >= 0.6 is 0 Å². The Morgan fingerprint density at radius 2 is 0.981 bits per heavy atom. The minimum absolute atomic E-state index is 0.104.